The molecule has 1 heterocycles. The molecule has 0 spiro atoms. The molecule has 1 aliphatic carbocycles. The largest absolute Gasteiger partial charge is 0.383 e. The van der Waals surface area contributed by atoms with E-state index in [2.05, 4.69) is 20.8 Å². The van der Waals surface area contributed by atoms with Crippen molar-refractivity contribution < 1.29 is 5.11 Å². The van der Waals surface area contributed by atoms with E-state index in [1.54, 1.807) is 11.3 Å². The van der Waals surface area contributed by atoms with Gasteiger partial charge in [-0.1, -0.05) is 0 Å². The van der Waals surface area contributed by atoms with Gasteiger partial charge < -0.3 is 10.0 Å². The maximum absolute atomic E-state index is 10.8. The van der Waals surface area contributed by atoms with Gasteiger partial charge in [0.15, 0.2) is 0 Å². The molecule has 2 nitrogen and oxygen atoms in total. The lowest BCUT2D eigenvalue weighted by atomic mass is 9.95. The van der Waals surface area contributed by atoms with Gasteiger partial charge in [0, 0.05) is 11.4 Å². The van der Waals surface area contributed by atoms with E-state index >= 15 is 0 Å². The molecule has 0 saturated heterocycles. The Morgan fingerprint density at radius 1 is 1.53 bits per heavy atom. The van der Waals surface area contributed by atoms with Gasteiger partial charge in [-0.15, -0.1) is 11.3 Å². The molecule has 0 amide bonds. The fourth-order valence-electron chi connectivity index (χ4n) is 2.00. The van der Waals surface area contributed by atoms with E-state index in [-0.39, 0.29) is 0 Å². The first-order valence-electron chi connectivity index (χ1n) is 5.15. The molecule has 0 aromatic carbocycles. The predicted octanol–water partition coefficient (Wildman–Crippen LogP) is 2.67. The zero-order chi connectivity index (χ0) is 11.1. The number of hydrogen-bond acceptors (Lipinski definition) is 3. The van der Waals surface area contributed by atoms with Gasteiger partial charge in [0.2, 0.25) is 0 Å². The Morgan fingerprint density at radius 2 is 2.20 bits per heavy atom. The molecule has 1 unspecified atom stereocenters. The third-order valence-corrected chi connectivity index (χ3v) is 4.60. The minimum Gasteiger partial charge on any atom is -0.383 e. The average molecular weight is 290 g/mol. The first-order valence-corrected chi connectivity index (χ1v) is 6.76. The van der Waals surface area contributed by atoms with Gasteiger partial charge in [-0.2, -0.15) is 0 Å². The molecule has 1 aliphatic rings. The van der Waals surface area contributed by atoms with Crippen LogP contribution in [0.25, 0.3) is 0 Å². The summed E-state index contributed by atoms with van der Waals surface area (Å²) in [6.07, 6.45) is 2.31. The molecule has 2 rings (SSSR count). The van der Waals surface area contributed by atoms with Crippen LogP contribution in [0.15, 0.2) is 15.9 Å². The van der Waals surface area contributed by atoms with Gasteiger partial charge in [0.1, 0.15) is 5.60 Å². The van der Waals surface area contributed by atoms with Crippen molar-refractivity contribution in [3.8, 4) is 0 Å². The molecule has 1 aromatic rings. The lowest BCUT2D eigenvalue weighted by molar-refractivity contribution is -0.00662. The second-order valence-electron chi connectivity index (χ2n) is 4.54. The number of likely N-dealkylation sites (N-methyl/N-ethyl adjacent to an activating group) is 1. The van der Waals surface area contributed by atoms with Crippen molar-refractivity contribution in [2.45, 2.75) is 18.4 Å². The van der Waals surface area contributed by atoms with E-state index in [0.717, 1.165) is 21.5 Å². The van der Waals surface area contributed by atoms with Crippen molar-refractivity contribution in [1.29, 1.82) is 0 Å². The van der Waals surface area contributed by atoms with Crippen molar-refractivity contribution in [2.75, 3.05) is 20.6 Å². The van der Waals surface area contributed by atoms with Crippen LogP contribution in [0, 0.1) is 5.92 Å². The molecular formula is C11H16BrNOS. The molecule has 1 saturated carbocycles. The highest BCUT2D eigenvalue weighted by Gasteiger charge is 2.46. The van der Waals surface area contributed by atoms with Crippen molar-refractivity contribution in [2.24, 2.45) is 5.92 Å². The second-order valence-corrected chi connectivity index (χ2v) is 7.00. The quantitative estimate of drug-likeness (QED) is 0.921. The van der Waals surface area contributed by atoms with Crippen LogP contribution in [0.1, 0.15) is 17.7 Å². The van der Waals surface area contributed by atoms with Gasteiger partial charge >= 0.3 is 0 Å². The number of hydrogen-bond donors (Lipinski definition) is 1. The minimum atomic E-state index is -0.639. The van der Waals surface area contributed by atoms with Crippen LogP contribution in [-0.4, -0.2) is 30.6 Å². The van der Waals surface area contributed by atoms with E-state index < -0.39 is 5.60 Å². The van der Waals surface area contributed by atoms with Crippen molar-refractivity contribution in [3.63, 3.8) is 0 Å². The lowest BCUT2D eigenvalue weighted by Crippen LogP contribution is -2.38. The Morgan fingerprint density at radius 3 is 2.60 bits per heavy atom. The summed E-state index contributed by atoms with van der Waals surface area (Å²) in [6, 6.07) is 4.06. The van der Waals surface area contributed by atoms with Crippen LogP contribution in [0.5, 0.6) is 0 Å². The third-order valence-electron chi connectivity index (χ3n) is 2.81. The van der Waals surface area contributed by atoms with E-state index in [1.165, 1.54) is 0 Å². The van der Waals surface area contributed by atoms with Crippen molar-refractivity contribution in [1.82, 2.24) is 4.90 Å². The molecule has 1 atom stereocenters. The SMILES string of the molecule is CN(C)CC(O)(c1ccc(Br)s1)C1CC1. The molecule has 1 N–H and O–H groups in total. The van der Waals surface area contributed by atoms with Crippen molar-refractivity contribution in [3.05, 3.63) is 20.8 Å². The van der Waals surface area contributed by atoms with Crippen LogP contribution in [-0.2, 0) is 5.60 Å². The van der Waals surface area contributed by atoms with Gasteiger partial charge in [-0.05, 0) is 60.9 Å². The fourth-order valence-corrected chi connectivity index (χ4v) is 3.54. The summed E-state index contributed by atoms with van der Waals surface area (Å²) in [5.41, 5.74) is -0.639. The summed E-state index contributed by atoms with van der Waals surface area (Å²) in [4.78, 5) is 3.15. The first kappa shape index (κ1) is 11.6. The summed E-state index contributed by atoms with van der Waals surface area (Å²) in [5.74, 6) is 0.449. The van der Waals surface area contributed by atoms with E-state index in [9.17, 15) is 5.11 Å². The molecule has 0 bridgehead atoms. The lowest BCUT2D eigenvalue weighted by Gasteiger charge is -2.30. The second kappa shape index (κ2) is 4.17. The van der Waals surface area contributed by atoms with Gasteiger partial charge in [0.05, 0.1) is 3.79 Å². The number of nitrogens with zero attached hydrogens (tertiary/aromatic N) is 1. The molecule has 1 aromatic heterocycles. The maximum atomic E-state index is 10.8. The Bertz CT molecular complexity index is 348. The number of halogens is 1. The molecule has 0 radical (unpaired) electrons. The average Bonchev–Trinajstić information content (AvgIpc) is 2.89. The summed E-state index contributed by atoms with van der Waals surface area (Å²) >= 11 is 5.10. The zero-order valence-electron chi connectivity index (χ0n) is 9.03. The monoisotopic (exact) mass is 289 g/mol. The van der Waals surface area contributed by atoms with E-state index in [0.29, 0.717) is 12.5 Å². The van der Waals surface area contributed by atoms with Gasteiger partial charge in [0.25, 0.3) is 0 Å². The molecular weight excluding hydrogens is 274 g/mol. The van der Waals surface area contributed by atoms with E-state index in [1.807, 2.05) is 26.2 Å². The molecule has 1 fully saturated rings. The Balaban J connectivity index is 2.25. The highest BCUT2D eigenvalue weighted by molar-refractivity contribution is 9.11. The van der Waals surface area contributed by atoms with Gasteiger partial charge in [-0.3, -0.25) is 0 Å². The molecule has 4 heteroatoms. The van der Waals surface area contributed by atoms with Crippen LogP contribution in [0.4, 0.5) is 0 Å². The number of aliphatic hydroxyl groups is 1. The van der Waals surface area contributed by atoms with Crippen LogP contribution in [0.2, 0.25) is 0 Å². The van der Waals surface area contributed by atoms with Crippen LogP contribution >= 0.6 is 27.3 Å². The number of thiophene rings is 1. The summed E-state index contributed by atoms with van der Waals surface area (Å²) in [6.45, 7) is 0.713. The molecule has 15 heavy (non-hydrogen) atoms. The topological polar surface area (TPSA) is 23.5 Å². The summed E-state index contributed by atoms with van der Waals surface area (Å²) < 4.78 is 1.09. The van der Waals surface area contributed by atoms with E-state index in [4.69, 9.17) is 0 Å². The smallest absolute Gasteiger partial charge is 0.114 e. The van der Waals surface area contributed by atoms with Crippen molar-refractivity contribution >= 4 is 27.3 Å². The Labute approximate surface area is 103 Å². The minimum absolute atomic E-state index is 0.449. The Hall–Kier alpha value is 0.1000. The first-order chi connectivity index (χ1) is 7.02. The molecule has 0 aliphatic heterocycles. The summed E-state index contributed by atoms with van der Waals surface area (Å²) in [7, 11) is 4.02. The Kier molecular flexibility index (Phi) is 3.22. The predicted molar refractivity (Wildman–Crippen MR) is 67.2 cm³/mol. The molecule has 84 valence electrons. The van der Waals surface area contributed by atoms with Gasteiger partial charge in [-0.25, -0.2) is 0 Å². The fraction of sp³-hybridized carbons (Fsp3) is 0.636. The summed E-state index contributed by atoms with van der Waals surface area (Å²) in [5, 5.41) is 10.8. The standard InChI is InChI=1S/C11H16BrNOS/c1-13(2)7-11(14,8-3-4-8)9-5-6-10(12)15-9/h5-6,8,14H,3-4,7H2,1-2H3. The van der Waals surface area contributed by atoms with Crippen LogP contribution < -0.4 is 0 Å². The number of rotatable bonds is 4. The highest BCUT2D eigenvalue weighted by Crippen LogP contribution is 2.48. The van der Waals surface area contributed by atoms with Crippen LogP contribution in [0.3, 0.4) is 0 Å². The normalized spacial score (nSPS) is 20.6. The maximum Gasteiger partial charge on any atom is 0.114 e. The zero-order valence-corrected chi connectivity index (χ0v) is 11.4. The third kappa shape index (κ3) is 2.44. The highest BCUT2D eigenvalue weighted by atomic mass is 79.9.